The SMILES string of the molecule is CCOC(=O)c1[nH]cnc1C(=O)N(C)[C@@H](C)c1nc(C)cs1. The first-order chi connectivity index (χ1) is 10.5. The molecule has 0 saturated heterocycles. The molecule has 0 aliphatic rings. The Hall–Kier alpha value is -2.22. The van der Waals surface area contributed by atoms with Crippen molar-refractivity contribution in [1.29, 1.82) is 0 Å². The minimum atomic E-state index is -0.588. The monoisotopic (exact) mass is 322 g/mol. The van der Waals surface area contributed by atoms with E-state index in [-0.39, 0.29) is 29.9 Å². The van der Waals surface area contributed by atoms with Crippen molar-refractivity contribution in [2.45, 2.75) is 26.8 Å². The topological polar surface area (TPSA) is 88.2 Å². The van der Waals surface area contributed by atoms with Gasteiger partial charge in [0.25, 0.3) is 5.91 Å². The maximum absolute atomic E-state index is 12.6. The summed E-state index contributed by atoms with van der Waals surface area (Å²) >= 11 is 1.49. The Morgan fingerprint density at radius 3 is 2.82 bits per heavy atom. The highest BCUT2D eigenvalue weighted by Crippen LogP contribution is 2.24. The molecule has 0 aromatic carbocycles. The molecule has 0 radical (unpaired) electrons. The zero-order chi connectivity index (χ0) is 16.3. The van der Waals surface area contributed by atoms with E-state index in [0.29, 0.717) is 0 Å². The number of rotatable bonds is 5. The molecule has 22 heavy (non-hydrogen) atoms. The number of amides is 1. The normalized spacial score (nSPS) is 12.0. The number of carbonyl (C=O) groups is 2. The van der Waals surface area contributed by atoms with Gasteiger partial charge in [-0.3, -0.25) is 4.79 Å². The summed E-state index contributed by atoms with van der Waals surface area (Å²) < 4.78 is 4.91. The molecule has 0 aliphatic carbocycles. The number of aromatic nitrogens is 3. The van der Waals surface area contributed by atoms with Gasteiger partial charge in [0, 0.05) is 18.1 Å². The summed E-state index contributed by atoms with van der Waals surface area (Å²) in [6, 6.07) is -0.210. The highest BCUT2D eigenvalue weighted by molar-refractivity contribution is 7.09. The summed E-state index contributed by atoms with van der Waals surface area (Å²) in [5.41, 5.74) is 1.04. The molecule has 1 amide bonds. The number of thiazole rings is 1. The number of nitrogens with one attached hydrogen (secondary N) is 1. The Bertz CT molecular complexity index is 679. The quantitative estimate of drug-likeness (QED) is 0.852. The summed E-state index contributed by atoms with van der Waals surface area (Å²) in [6.45, 7) is 5.72. The third kappa shape index (κ3) is 3.16. The molecule has 2 aromatic rings. The molecule has 2 aromatic heterocycles. The first-order valence-corrected chi connectivity index (χ1v) is 7.73. The maximum atomic E-state index is 12.6. The average Bonchev–Trinajstić information content (AvgIpc) is 3.14. The van der Waals surface area contributed by atoms with Crippen molar-refractivity contribution in [2.75, 3.05) is 13.7 Å². The van der Waals surface area contributed by atoms with Crippen molar-refractivity contribution >= 4 is 23.2 Å². The Kier molecular flexibility index (Phi) is 4.92. The Balaban J connectivity index is 2.21. The van der Waals surface area contributed by atoms with Crippen LogP contribution < -0.4 is 0 Å². The van der Waals surface area contributed by atoms with Crippen molar-refractivity contribution in [2.24, 2.45) is 0 Å². The molecule has 7 nitrogen and oxygen atoms in total. The average molecular weight is 322 g/mol. The Morgan fingerprint density at radius 2 is 2.23 bits per heavy atom. The van der Waals surface area contributed by atoms with Crippen LogP contribution in [0.25, 0.3) is 0 Å². The molecule has 2 heterocycles. The lowest BCUT2D eigenvalue weighted by Gasteiger charge is -2.22. The van der Waals surface area contributed by atoms with E-state index in [1.807, 2.05) is 19.2 Å². The lowest BCUT2D eigenvalue weighted by molar-refractivity contribution is 0.0511. The number of aryl methyl sites for hydroxylation is 1. The van der Waals surface area contributed by atoms with E-state index in [0.717, 1.165) is 10.7 Å². The number of esters is 1. The molecule has 118 valence electrons. The second kappa shape index (κ2) is 6.69. The van der Waals surface area contributed by atoms with Gasteiger partial charge in [-0.15, -0.1) is 11.3 Å². The Labute approximate surface area is 132 Å². The van der Waals surface area contributed by atoms with Crippen LogP contribution >= 0.6 is 11.3 Å². The summed E-state index contributed by atoms with van der Waals surface area (Å²) in [4.78, 5) is 36.9. The largest absolute Gasteiger partial charge is 0.461 e. The van der Waals surface area contributed by atoms with E-state index in [1.165, 1.54) is 22.6 Å². The Morgan fingerprint density at radius 1 is 1.50 bits per heavy atom. The number of imidazole rings is 1. The van der Waals surface area contributed by atoms with E-state index < -0.39 is 5.97 Å². The lowest BCUT2D eigenvalue weighted by Crippen LogP contribution is -2.31. The van der Waals surface area contributed by atoms with Crippen molar-refractivity contribution in [3.63, 3.8) is 0 Å². The van der Waals surface area contributed by atoms with Crippen LogP contribution in [0.1, 0.15) is 51.6 Å². The molecule has 0 spiro atoms. The molecule has 0 bridgehead atoms. The minimum Gasteiger partial charge on any atom is -0.461 e. The van der Waals surface area contributed by atoms with Gasteiger partial charge in [-0.1, -0.05) is 0 Å². The number of hydrogen-bond donors (Lipinski definition) is 1. The van der Waals surface area contributed by atoms with Crippen LogP contribution in [-0.4, -0.2) is 45.4 Å². The van der Waals surface area contributed by atoms with E-state index in [4.69, 9.17) is 4.74 Å². The van der Waals surface area contributed by atoms with Crippen LogP contribution in [0.3, 0.4) is 0 Å². The highest BCUT2D eigenvalue weighted by atomic mass is 32.1. The number of ether oxygens (including phenoxy) is 1. The van der Waals surface area contributed by atoms with E-state index in [2.05, 4.69) is 15.0 Å². The zero-order valence-corrected chi connectivity index (χ0v) is 13.7. The van der Waals surface area contributed by atoms with Gasteiger partial charge in [0.05, 0.1) is 19.0 Å². The van der Waals surface area contributed by atoms with Crippen molar-refractivity contribution in [1.82, 2.24) is 19.9 Å². The molecule has 0 unspecified atom stereocenters. The molecule has 0 aliphatic heterocycles. The van der Waals surface area contributed by atoms with E-state index in [9.17, 15) is 9.59 Å². The minimum absolute atomic E-state index is 0.0566. The number of nitrogens with zero attached hydrogens (tertiary/aromatic N) is 3. The summed E-state index contributed by atoms with van der Waals surface area (Å²) in [5.74, 6) is -0.945. The third-order valence-corrected chi connectivity index (χ3v) is 4.35. The molecule has 1 atom stereocenters. The van der Waals surface area contributed by atoms with Crippen LogP contribution in [0.5, 0.6) is 0 Å². The standard InChI is InChI=1S/C14H18N4O3S/c1-5-21-14(20)11-10(15-7-16-11)13(19)18(4)9(3)12-17-8(2)6-22-12/h6-7,9H,5H2,1-4H3,(H,15,16)/t9-/m0/s1. The molecule has 8 heteroatoms. The molecular weight excluding hydrogens is 304 g/mol. The van der Waals surface area contributed by atoms with Crippen LogP contribution in [0.2, 0.25) is 0 Å². The van der Waals surface area contributed by atoms with Gasteiger partial charge in [0.1, 0.15) is 5.01 Å². The van der Waals surface area contributed by atoms with Crippen LogP contribution in [0, 0.1) is 6.92 Å². The molecule has 1 N–H and O–H groups in total. The second-order valence-electron chi connectivity index (χ2n) is 4.77. The van der Waals surface area contributed by atoms with Gasteiger partial charge in [0.2, 0.25) is 0 Å². The molecule has 0 saturated carbocycles. The maximum Gasteiger partial charge on any atom is 0.357 e. The molecular formula is C14H18N4O3S. The zero-order valence-electron chi connectivity index (χ0n) is 12.9. The van der Waals surface area contributed by atoms with Crippen LogP contribution in [-0.2, 0) is 4.74 Å². The van der Waals surface area contributed by atoms with Gasteiger partial charge in [-0.25, -0.2) is 14.8 Å². The van der Waals surface area contributed by atoms with Crippen LogP contribution in [0.15, 0.2) is 11.7 Å². The first-order valence-electron chi connectivity index (χ1n) is 6.85. The predicted molar refractivity (Wildman–Crippen MR) is 81.9 cm³/mol. The van der Waals surface area contributed by atoms with Gasteiger partial charge in [-0.2, -0.15) is 0 Å². The third-order valence-electron chi connectivity index (χ3n) is 3.22. The smallest absolute Gasteiger partial charge is 0.357 e. The molecule has 0 fully saturated rings. The van der Waals surface area contributed by atoms with Gasteiger partial charge in [-0.05, 0) is 20.8 Å². The van der Waals surface area contributed by atoms with Crippen molar-refractivity contribution in [3.05, 3.63) is 33.8 Å². The summed E-state index contributed by atoms with van der Waals surface area (Å²) in [5, 5.41) is 2.77. The fourth-order valence-corrected chi connectivity index (χ4v) is 2.78. The van der Waals surface area contributed by atoms with Gasteiger partial charge in [0.15, 0.2) is 11.4 Å². The number of carbonyl (C=O) groups excluding carboxylic acids is 2. The molecule has 2 rings (SSSR count). The van der Waals surface area contributed by atoms with E-state index in [1.54, 1.807) is 14.0 Å². The second-order valence-corrected chi connectivity index (χ2v) is 5.66. The first kappa shape index (κ1) is 16.2. The number of aromatic amines is 1. The number of hydrogen-bond acceptors (Lipinski definition) is 6. The van der Waals surface area contributed by atoms with Crippen molar-refractivity contribution in [3.8, 4) is 0 Å². The fourth-order valence-electron chi connectivity index (χ4n) is 1.89. The lowest BCUT2D eigenvalue weighted by atomic mass is 10.2. The summed E-state index contributed by atoms with van der Waals surface area (Å²) in [7, 11) is 1.66. The fraction of sp³-hybridized carbons (Fsp3) is 0.429. The summed E-state index contributed by atoms with van der Waals surface area (Å²) in [6.07, 6.45) is 1.31. The highest BCUT2D eigenvalue weighted by Gasteiger charge is 2.27. The van der Waals surface area contributed by atoms with Crippen LogP contribution in [0.4, 0.5) is 0 Å². The van der Waals surface area contributed by atoms with Gasteiger partial charge < -0.3 is 14.6 Å². The predicted octanol–water partition coefficient (Wildman–Crippen LogP) is 2.18. The van der Waals surface area contributed by atoms with Gasteiger partial charge >= 0.3 is 5.97 Å². The van der Waals surface area contributed by atoms with Crippen molar-refractivity contribution < 1.29 is 14.3 Å². The van der Waals surface area contributed by atoms with E-state index >= 15 is 0 Å². The number of H-pyrrole nitrogens is 1.